The fourth-order valence-corrected chi connectivity index (χ4v) is 3.86. The summed E-state index contributed by atoms with van der Waals surface area (Å²) in [6.07, 6.45) is 2.92. The van der Waals surface area contributed by atoms with E-state index in [2.05, 4.69) is 35.6 Å². The number of benzene rings is 1. The number of nitrogens with zero attached hydrogens (tertiary/aromatic N) is 6. The highest BCUT2D eigenvalue weighted by Crippen LogP contribution is 2.31. The Kier molecular flexibility index (Phi) is 5.77. The topological polar surface area (TPSA) is 114 Å². The summed E-state index contributed by atoms with van der Waals surface area (Å²) in [6, 6.07) is 7.68. The Labute approximate surface area is 178 Å². The molecule has 152 valence electrons. The third-order valence-electron chi connectivity index (χ3n) is 3.91. The van der Waals surface area contributed by atoms with Crippen LogP contribution in [0.5, 0.6) is 0 Å². The fraction of sp³-hybridized carbons (Fsp3) is 0.111. The van der Waals surface area contributed by atoms with Crippen molar-refractivity contribution in [3.63, 3.8) is 0 Å². The van der Waals surface area contributed by atoms with Gasteiger partial charge in [-0.3, -0.25) is 14.6 Å². The van der Waals surface area contributed by atoms with E-state index in [0.29, 0.717) is 21.0 Å². The number of carbonyl (C=O) groups is 1. The predicted octanol–water partition coefficient (Wildman–Crippen LogP) is 3.33. The van der Waals surface area contributed by atoms with Gasteiger partial charge < -0.3 is 5.32 Å². The van der Waals surface area contributed by atoms with E-state index in [1.165, 1.54) is 42.0 Å². The quantitative estimate of drug-likeness (QED) is 0.467. The van der Waals surface area contributed by atoms with E-state index in [1.54, 1.807) is 36.1 Å². The number of aryl methyl sites for hydroxylation is 2. The van der Waals surface area contributed by atoms with Gasteiger partial charge in [-0.15, -0.1) is 0 Å². The molecule has 0 atom stereocenters. The molecule has 3 aromatic heterocycles. The maximum Gasteiger partial charge on any atom is 0.278 e. The van der Waals surface area contributed by atoms with Gasteiger partial charge in [-0.25, -0.2) is 19.3 Å². The van der Waals surface area contributed by atoms with E-state index >= 15 is 0 Å². The number of hydrogen-bond acceptors (Lipinski definition) is 8. The van der Waals surface area contributed by atoms with Gasteiger partial charge in [-0.2, -0.15) is 10.2 Å². The van der Waals surface area contributed by atoms with Gasteiger partial charge in [-0.1, -0.05) is 11.8 Å². The minimum Gasteiger partial charge on any atom is -0.304 e. The van der Waals surface area contributed by atoms with Crippen molar-refractivity contribution in [2.24, 2.45) is 7.05 Å². The van der Waals surface area contributed by atoms with Gasteiger partial charge in [0.05, 0.1) is 6.20 Å². The molecule has 4 rings (SSSR count). The highest BCUT2D eigenvalue weighted by Gasteiger charge is 2.19. The number of nitrogens with one attached hydrogen (secondary N) is 2. The van der Waals surface area contributed by atoms with E-state index in [-0.39, 0.29) is 11.5 Å². The van der Waals surface area contributed by atoms with Crippen LogP contribution in [0.4, 0.5) is 10.2 Å². The Morgan fingerprint density at radius 2 is 2.00 bits per heavy atom. The number of aromatic nitrogens is 7. The Hall–Kier alpha value is -3.25. The Morgan fingerprint density at radius 1 is 1.20 bits per heavy atom. The maximum absolute atomic E-state index is 13.2. The minimum atomic E-state index is -0.453. The second-order valence-electron chi connectivity index (χ2n) is 6.06. The molecule has 0 unspecified atom stereocenters. The van der Waals surface area contributed by atoms with E-state index in [1.807, 2.05) is 6.92 Å². The SMILES string of the molecule is Cc1cc(NC(=O)c2nc(Sc3ncn[nH]3)cnc2Sc2ccc(F)cc2)nn1C. The van der Waals surface area contributed by atoms with Crippen molar-refractivity contribution in [3.05, 3.63) is 60.1 Å². The first-order valence-electron chi connectivity index (χ1n) is 8.63. The number of rotatable bonds is 6. The molecule has 0 aliphatic rings. The number of hydrogen-bond donors (Lipinski definition) is 2. The van der Waals surface area contributed by atoms with Crippen molar-refractivity contribution >= 4 is 35.2 Å². The molecule has 3 heterocycles. The molecule has 0 aliphatic heterocycles. The number of H-pyrrole nitrogens is 1. The second-order valence-corrected chi connectivity index (χ2v) is 8.13. The molecule has 1 amide bonds. The lowest BCUT2D eigenvalue weighted by Gasteiger charge is -2.09. The molecular formula is C18H15FN8OS2. The summed E-state index contributed by atoms with van der Waals surface area (Å²) in [5.41, 5.74) is 1.02. The van der Waals surface area contributed by atoms with Gasteiger partial charge in [0.1, 0.15) is 22.2 Å². The van der Waals surface area contributed by atoms with Crippen LogP contribution >= 0.6 is 23.5 Å². The number of aromatic amines is 1. The van der Waals surface area contributed by atoms with Crippen molar-refractivity contribution < 1.29 is 9.18 Å². The van der Waals surface area contributed by atoms with E-state index < -0.39 is 5.91 Å². The van der Waals surface area contributed by atoms with Crippen molar-refractivity contribution in [2.75, 3.05) is 5.32 Å². The van der Waals surface area contributed by atoms with Crippen LogP contribution in [-0.4, -0.2) is 40.8 Å². The molecule has 0 aliphatic carbocycles. The van der Waals surface area contributed by atoms with Crippen molar-refractivity contribution in [1.29, 1.82) is 0 Å². The third-order valence-corrected chi connectivity index (χ3v) is 5.71. The van der Waals surface area contributed by atoms with Gasteiger partial charge >= 0.3 is 0 Å². The van der Waals surface area contributed by atoms with Crippen LogP contribution in [0.2, 0.25) is 0 Å². The molecule has 9 nitrogen and oxygen atoms in total. The van der Waals surface area contributed by atoms with Crippen LogP contribution in [0, 0.1) is 12.7 Å². The highest BCUT2D eigenvalue weighted by atomic mass is 32.2. The highest BCUT2D eigenvalue weighted by molar-refractivity contribution is 7.99. The fourth-order valence-electron chi connectivity index (χ4n) is 2.39. The van der Waals surface area contributed by atoms with E-state index in [0.717, 1.165) is 10.6 Å². The molecule has 0 radical (unpaired) electrons. The van der Waals surface area contributed by atoms with Gasteiger partial charge in [-0.05, 0) is 43.0 Å². The summed E-state index contributed by atoms with van der Waals surface area (Å²) in [5.74, 6) is -0.384. The number of amides is 1. The third kappa shape index (κ3) is 4.66. The minimum absolute atomic E-state index is 0.122. The lowest BCUT2D eigenvalue weighted by Crippen LogP contribution is -2.16. The van der Waals surface area contributed by atoms with Crippen LogP contribution < -0.4 is 5.32 Å². The van der Waals surface area contributed by atoms with Crippen LogP contribution in [0.1, 0.15) is 16.2 Å². The molecule has 0 spiro atoms. The zero-order valence-electron chi connectivity index (χ0n) is 15.8. The maximum atomic E-state index is 13.2. The molecule has 0 saturated heterocycles. The number of halogens is 1. The van der Waals surface area contributed by atoms with Crippen molar-refractivity contribution in [2.45, 2.75) is 27.0 Å². The zero-order chi connectivity index (χ0) is 21.1. The van der Waals surface area contributed by atoms with E-state index in [9.17, 15) is 9.18 Å². The van der Waals surface area contributed by atoms with E-state index in [4.69, 9.17) is 0 Å². The van der Waals surface area contributed by atoms with Gasteiger partial charge in [0.15, 0.2) is 16.7 Å². The summed E-state index contributed by atoms with van der Waals surface area (Å²) in [4.78, 5) is 26.6. The normalized spacial score (nSPS) is 10.9. The second kappa shape index (κ2) is 8.63. The molecule has 12 heteroatoms. The first-order valence-corrected chi connectivity index (χ1v) is 10.3. The monoisotopic (exact) mass is 442 g/mol. The summed E-state index contributed by atoms with van der Waals surface area (Å²) in [6.45, 7) is 1.88. The van der Waals surface area contributed by atoms with Crippen molar-refractivity contribution in [3.8, 4) is 0 Å². The Morgan fingerprint density at radius 3 is 2.67 bits per heavy atom. The Bertz CT molecular complexity index is 1160. The average molecular weight is 443 g/mol. The molecule has 30 heavy (non-hydrogen) atoms. The molecule has 4 aromatic rings. The van der Waals surface area contributed by atoms with Crippen LogP contribution in [0.3, 0.4) is 0 Å². The first-order chi connectivity index (χ1) is 14.5. The molecule has 0 bridgehead atoms. The lowest BCUT2D eigenvalue weighted by molar-refractivity contribution is 0.101. The molecule has 2 N–H and O–H groups in total. The molecule has 0 saturated carbocycles. The average Bonchev–Trinajstić information content (AvgIpc) is 3.34. The van der Waals surface area contributed by atoms with Crippen molar-refractivity contribution in [1.82, 2.24) is 34.9 Å². The molecule has 0 fully saturated rings. The zero-order valence-corrected chi connectivity index (χ0v) is 17.5. The smallest absolute Gasteiger partial charge is 0.278 e. The van der Waals surface area contributed by atoms with Crippen LogP contribution in [-0.2, 0) is 7.05 Å². The van der Waals surface area contributed by atoms with Gasteiger partial charge in [0.25, 0.3) is 5.91 Å². The Balaban J connectivity index is 1.65. The van der Waals surface area contributed by atoms with Gasteiger partial charge in [0, 0.05) is 23.7 Å². The number of carbonyl (C=O) groups excluding carboxylic acids is 1. The summed E-state index contributed by atoms with van der Waals surface area (Å²) in [5, 5.41) is 14.9. The predicted molar refractivity (Wildman–Crippen MR) is 109 cm³/mol. The summed E-state index contributed by atoms with van der Waals surface area (Å²) >= 11 is 2.41. The summed E-state index contributed by atoms with van der Waals surface area (Å²) in [7, 11) is 1.79. The molecular weight excluding hydrogens is 427 g/mol. The first kappa shape index (κ1) is 20.0. The summed E-state index contributed by atoms with van der Waals surface area (Å²) < 4.78 is 14.9. The van der Waals surface area contributed by atoms with Crippen LogP contribution in [0.15, 0.2) is 63.0 Å². The number of anilines is 1. The standard InChI is InChI=1S/C18H15FN8OS2/c1-10-7-13(26-27(10)2)23-16(28)15-17(29-12-5-3-11(19)4-6-12)20-8-14(24-15)30-18-21-9-22-25-18/h3-9H,1-2H3,(H,21,22,25)(H,23,26,28). The largest absolute Gasteiger partial charge is 0.304 e. The lowest BCUT2D eigenvalue weighted by atomic mass is 10.3. The van der Waals surface area contributed by atoms with Crippen LogP contribution in [0.25, 0.3) is 0 Å². The van der Waals surface area contributed by atoms with Gasteiger partial charge in [0.2, 0.25) is 0 Å². The molecule has 1 aromatic carbocycles.